The summed E-state index contributed by atoms with van der Waals surface area (Å²) in [6.45, 7) is 2.75. The minimum atomic E-state index is -0.487. The molecule has 0 spiro atoms. The van der Waals surface area contributed by atoms with E-state index in [1.54, 1.807) is 0 Å². The summed E-state index contributed by atoms with van der Waals surface area (Å²) in [5.41, 5.74) is 0. The number of rotatable bonds is 25. The van der Waals surface area contributed by atoms with Gasteiger partial charge in [0.25, 0.3) is 0 Å². The Morgan fingerprint density at radius 1 is 0.531 bits per heavy atom. The van der Waals surface area contributed by atoms with Crippen molar-refractivity contribution in [3.05, 3.63) is 0 Å². The second-order valence-corrected chi connectivity index (χ2v) is 10.2. The van der Waals surface area contributed by atoms with Crippen LogP contribution in [0, 0.1) is 0 Å². The van der Waals surface area contributed by atoms with Crippen molar-refractivity contribution in [3.8, 4) is 0 Å². The molecule has 1 fully saturated rings. The van der Waals surface area contributed by atoms with Crippen molar-refractivity contribution in [2.24, 2.45) is 0 Å². The first-order valence-electron chi connectivity index (χ1n) is 14.7. The molecule has 0 N–H and O–H groups in total. The molecule has 1 rings (SSSR count). The van der Waals surface area contributed by atoms with Gasteiger partial charge in [0.2, 0.25) is 0 Å². The van der Waals surface area contributed by atoms with Gasteiger partial charge in [-0.25, -0.2) is 4.79 Å². The predicted octanol–water partition coefficient (Wildman–Crippen LogP) is 10.3. The van der Waals surface area contributed by atoms with E-state index in [9.17, 15) is 4.79 Å². The quantitative estimate of drug-likeness (QED) is 0.102. The summed E-state index contributed by atoms with van der Waals surface area (Å²) >= 11 is 0. The molecule has 1 atom stereocenters. The van der Waals surface area contributed by atoms with Gasteiger partial charge in [0.05, 0.1) is 0 Å². The van der Waals surface area contributed by atoms with E-state index < -0.39 is 6.16 Å². The highest BCUT2D eigenvalue weighted by Gasteiger charge is 2.23. The van der Waals surface area contributed by atoms with E-state index in [2.05, 4.69) is 6.92 Å². The van der Waals surface area contributed by atoms with Gasteiger partial charge in [-0.3, -0.25) is 0 Å². The average Bonchev–Trinajstić information content (AvgIpc) is 3.21. The fourth-order valence-corrected chi connectivity index (χ4v) is 4.84. The summed E-state index contributed by atoms with van der Waals surface area (Å²) in [5.74, 6) is 0. The van der Waals surface area contributed by atoms with Crippen LogP contribution in [0.4, 0.5) is 4.79 Å². The minimum absolute atomic E-state index is 0.0159. The molecule has 3 heteroatoms. The van der Waals surface area contributed by atoms with E-state index in [-0.39, 0.29) is 6.10 Å². The van der Waals surface area contributed by atoms with Crippen LogP contribution in [0.15, 0.2) is 0 Å². The van der Waals surface area contributed by atoms with Gasteiger partial charge in [-0.05, 0) is 12.8 Å². The third-order valence-electron chi connectivity index (χ3n) is 7.03. The number of carbonyl (C=O) groups is 1. The van der Waals surface area contributed by atoms with Crippen LogP contribution in [0.3, 0.4) is 0 Å². The molecule has 1 aliphatic rings. The van der Waals surface area contributed by atoms with Crippen molar-refractivity contribution in [3.63, 3.8) is 0 Å². The zero-order valence-corrected chi connectivity index (χ0v) is 21.7. The smallest absolute Gasteiger partial charge is 0.430 e. The number of ether oxygens (including phenoxy) is 2. The SMILES string of the molecule is CCCCCCCCCCCCCCCCCCCCCCCCCCC1COC(=O)O1. The second-order valence-electron chi connectivity index (χ2n) is 10.2. The van der Waals surface area contributed by atoms with E-state index in [0.29, 0.717) is 6.61 Å². The largest absolute Gasteiger partial charge is 0.508 e. The van der Waals surface area contributed by atoms with E-state index >= 15 is 0 Å². The van der Waals surface area contributed by atoms with Gasteiger partial charge in [-0.1, -0.05) is 155 Å². The predicted molar refractivity (Wildman–Crippen MR) is 137 cm³/mol. The van der Waals surface area contributed by atoms with E-state index in [4.69, 9.17) is 9.47 Å². The van der Waals surface area contributed by atoms with E-state index in [1.165, 1.54) is 148 Å². The highest BCUT2D eigenvalue weighted by molar-refractivity contribution is 5.61. The Labute approximate surface area is 200 Å². The molecule has 0 aromatic heterocycles. The molecule has 32 heavy (non-hydrogen) atoms. The van der Waals surface area contributed by atoms with Gasteiger partial charge in [0.1, 0.15) is 12.7 Å². The second kappa shape index (κ2) is 23.4. The van der Waals surface area contributed by atoms with Crippen molar-refractivity contribution in [1.29, 1.82) is 0 Å². The Morgan fingerprint density at radius 2 is 0.844 bits per heavy atom. The molecular formula is C29H56O3. The Bertz CT molecular complexity index is 396. The van der Waals surface area contributed by atoms with Gasteiger partial charge in [0, 0.05) is 0 Å². The van der Waals surface area contributed by atoms with Crippen LogP contribution >= 0.6 is 0 Å². The number of hydrogen-bond donors (Lipinski definition) is 0. The van der Waals surface area contributed by atoms with Crippen molar-refractivity contribution in [1.82, 2.24) is 0 Å². The average molecular weight is 453 g/mol. The fourth-order valence-electron chi connectivity index (χ4n) is 4.84. The monoisotopic (exact) mass is 452 g/mol. The normalized spacial score (nSPS) is 15.8. The van der Waals surface area contributed by atoms with E-state index in [1.807, 2.05) is 0 Å². The van der Waals surface area contributed by atoms with Crippen LogP contribution in [-0.4, -0.2) is 18.9 Å². The Hall–Kier alpha value is -0.730. The van der Waals surface area contributed by atoms with Gasteiger partial charge in [-0.15, -0.1) is 0 Å². The fraction of sp³-hybridized carbons (Fsp3) is 0.966. The maximum atomic E-state index is 10.8. The molecule has 1 aliphatic heterocycles. The topological polar surface area (TPSA) is 35.5 Å². The summed E-state index contributed by atoms with van der Waals surface area (Å²) < 4.78 is 9.86. The van der Waals surface area contributed by atoms with Crippen LogP contribution in [0.1, 0.15) is 167 Å². The molecule has 0 aromatic carbocycles. The van der Waals surface area contributed by atoms with Crippen molar-refractivity contribution >= 4 is 6.16 Å². The highest BCUT2D eigenvalue weighted by atomic mass is 16.8. The molecule has 0 aliphatic carbocycles. The summed E-state index contributed by atoms with van der Waals surface area (Å²) in [5, 5.41) is 0. The molecule has 0 aromatic rings. The first-order chi connectivity index (χ1) is 15.8. The molecule has 190 valence electrons. The lowest BCUT2D eigenvalue weighted by molar-refractivity contribution is 0.115. The van der Waals surface area contributed by atoms with Crippen molar-refractivity contribution in [2.45, 2.75) is 174 Å². The molecule has 0 saturated carbocycles. The number of cyclic esters (lactones) is 2. The first-order valence-corrected chi connectivity index (χ1v) is 14.7. The summed E-state index contributed by atoms with van der Waals surface area (Å²) in [6.07, 6.45) is 34.5. The maximum absolute atomic E-state index is 10.8. The van der Waals surface area contributed by atoms with Crippen molar-refractivity contribution in [2.75, 3.05) is 6.61 Å². The molecule has 0 bridgehead atoms. The van der Waals surface area contributed by atoms with Gasteiger partial charge in [0.15, 0.2) is 0 Å². The first kappa shape index (κ1) is 29.3. The lowest BCUT2D eigenvalue weighted by Crippen LogP contribution is -2.09. The van der Waals surface area contributed by atoms with Crippen LogP contribution in [0.5, 0.6) is 0 Å². The number of unbranched alkanes of at least 4 members (excludes halogenated alkanes) is 23. The van der Waals surface area contributed by atoms with Gasteiger partial charge in [-0.2, -0.15) is 0 Å². The van der Waals surface area contributed by atoms with Gasteiger partial charge >= 0.3 is 6.16 Å². The summed E-state index contributed by atoms with van der Waals surface area (Å²) in [4.78, 5) is 10.8. The Balaban J connectivity index is 1.62. The van der Waals surface area contributed by atoms with Crippen molar-refractivity contribution < 1.29 is 14.3 Å². The Morgan fingerprint density at radius 3 is 1.12 bits per heavy atom. The summed E-state index contributed by atoms with van der Waals surface area (Å²) in [7, 11) is 0. The summed E-state index contributed by atoms with van der Waals surface area (Å²) in [6, 6.07) is 0. The van der Waals surface area contributed by atoms with Crippen LogP contribution in [0.2, 0.25) is 0 Å². The lowest BCUT2D eigenvalue weighted by Gasteiger charge is -2.06. The standard InChI is InChI=1S/C29H56O3/c1-2-3-4-5-6-7-8-9-10-11-12-13-14-15-16-17-18-19-20-21-22-23-24-25-26-28-27-31-29(30)32-28/h28H,2-27H2,1H3. The maximum Gasteiger partial charge on any atom is 0.508 e. The zero-order chi connectivity index (χ0) is 23.0. The number of hydrogen-bond acceptors (Lipinski definition) is 3. The lowest BCUT2D eigenvalue weighted by atomic mass is 10.0. The van der Waals surface area contributed by atoms with Gasteiger partial charge < -0.3 is 9.47 Å². The molecule has 0 amide bonds. The molecule has 1 saturated heterocycles. The third kappa shape index (κ3) is 19.9. The van der Waals surface area contributed by atoms with Crippen LogP contribution in [-0.2, 0) is 9.47 Å². The number of carbonyl (C=O) groups excluding carboxylic acids is 1. The Kier molecular flexibility index (Phi) is 21.5. The molecule has 1 heterocycles. The van der Waals surface area contributed by atoms with Crippen LogP contribution < -0.4 is 0 Å². The molecule has 0 radical (unpaired) electrons. The molecule has 1 unspecified atom stereocenters. The minimum Gasteiger partial charge on any atom is -0.430 e. The molecular weight excluding hydrogens is 396 g/mol. The van der Waals surface area contributed by atoms with Crippen LogP contribution in [0.25, 0.3) is 0 Å². The highest BCUT2D eigenvalue weighted by Crippen LogP contribution is 2.17. The molecule has 3 nitrogen and oxygen atoms in total. The zero-order valence-electron chi connectivity index (χ0n) is 21.7. The van der Waals surface area contributed by atoms with E-state index in [0.717, 1.165) is 12.8 Å². The third-order valence-corrected chi connectivity index (χ3v) is 7.03.